The van der Waals surface area contributed by atoms with Crippen LogP contribution in [0.2, 0.25) is 0 Å². The fourth-order valence-electron chi connectivity index (χ4n) is 0.751. The number of anilines is 1. The summed E-state index contributed by atoms with van der Waals surface area (Å²) < 4.78 is 36.4. The number of terminal acetylenes is 1. The van der Waals surface area contributed by atoms with E-state index in [0.29, 0.717) is 0 Å². The monoisotopic (exact) mass is 201 g/mol. The summed E-state index contributed by atoms with van der Waals surface area (Å²) >= 11 is 0. The van der Waals surface area contributed by atoms with Crippen molar-refractivity contribution in [1.82, 2.24) is 9.97 Å². The fourth-order valence-corrected chi connectivity index (χ4v) is 0.751. The van der Waals surface area contributed by atoms with E-state index in [1.807, 2.05) is 0 Å². The first-order valence-electron chi connectivity index (χ1n) is 3.60. The minimum Gasteiger partial charge on any atom is -0.359 e. The van der Waals surface area contributed by atoms with Gasteiger partial charge < -0.3 is 5.32 Å². The Morgan fingerprint density at radius 1 is 1.43 bits per heavy atom. The molecule has 6 heteroatoms. The van der Waals surface area contributed by atoms with E-state index in [1.165, 1.54) is 0 Å². The van der Waals surface area contributed by atoms with Crippen LogP contribution in [0.3, 0.4) is 0 Å². The lowest BCUT2D eigenvalue weighted by Crippen LogP contribution is -2.10. The highest BCUT2D eigenvalue weighted by Crippen LogP contribution is 2.27. The summed E-state index contributed by atoms with van der Waals surface area (Å²) in [7, 11) is 0. The van der Waals surface area contributed by atoms with Gasteiger partial charge in [-0.3, -0.25) is 0 Å². The molecule has 0 aliphatic carbocycles. The average molecular weight is 201 g/mol. The summed E-state index contributed by atoms with van der Waals surface area (Å²) in [5, 5.41) is 2.52. The van der Waals surface area contributed by atoms with Crippen LogP contribution in [0.1, 0.15) is 5.69 Å². The zero-order chi connectivity index (χ0) is 10.6. The van der Waals surface area contributed by atoms with E-state index in [1.54, 1.807) is 0 Å². The first-order valence-corrected chi connectivity index (χ1v) is 3.60. The Morgan fingerprint density at radius 3 is 2.71 bits per heavy atom. The summed E-state index contributed by atoms with van der Waals surface area (Å²) in [4.78, 5) is 6.66. The quantitative estimate of drug-likeness (QED) is 0.737. The normalized spacial score (nSPS) is 10.7. The Morgan fingerprint density at radius 2 is 2.14 bits per heavy atom. The van der Waals surface area contributed by atoms with Gasteiger partial charge in [0.25, 0.3) is 0 Å². The van der Waals surface area contributed by atoms with Crippen LogP contribution in [-0.4, -0.2) is 16.5 Å². The van der Waals surface area contributed by atoms with E-state index in [4.69, 9.17) is 6.42 Å². The summed E-state index contributed by atoms with van der Waals surface area (Å²) in [6, 6.07) is 0.803. The Labute approximate surface area is 78.4 Å². The summed E-state index contributed by atoms with van der Waals surface area (Å²) in [5.74, 6) is 2.28. The van der Waals surface area contributed by atoms with Crippen molar-refractivity contribution in [2.75, 3.05) is 11.9 Å². The molecule has 1 rings (SSSR count). The van der Waals surface area contributed by atoms with Gasteiger partial charge in [-0.15, -0.1) is 6.42 Å². The highest BCUT2D eigenvalue weighted by atomic mass is 19.4. The molecule has 1 aromatic heterocycles. The summed E-state index contributed by atoms with van der Waals surface area (Å²) in [5.41, 5.74) is -0.993. The molecule has 14 heavy (non-hydrogen) atoms. The summed E-state index contributed by atoms with van der Waals surface area (Å²) in [6.07, 6.45) is 1.29. The number of hydrogen-bond donors (Lipinski definition) is 1. The zero-order valence-electron chi connectivity index (χ0n) is 6.97. The Kier molecular flexibility index (Phi) is 2.92. The summed E-state index contributed by atoms with van der Waals surface area (Å²) in [6.45, 7) is 0.119. The molecule has 0 atom stereocenters. The maximum Gasteiger partial charge on any atom is 0.433 e. The lowest BCUT2D eigenvalue weighted by atomic mass is 10.4. The first-order chi connectivity index (χ1) is 6.54. The molecule has 1 aromatic rings. The van der Waals surface area contributed by atoms with Crippen molar-refractivity contribution in [2.24, 2.45) is 0 Å². The van der Waals surface area contributed by atoms with Crippen LogP contribution in [0.25, 0.3) is 0 Å². The van der Waals surface area contributed by atoms with Crippen molar-refractivity contribution in [3.05, 3.63) is 18.1 Å². The van der Waals surface area contributed by atoms with E-state index in [-0.39, 0.29) is 12.4 Å². The van der Waals surface area contributed by atoms with Crippen LogP contribution in [0.5, 0.6) is 0 Å². The Hall–Kier alpha value is -1.77. The molecule has 1 heterocycles. The van der Waals surface area contributed by atoms with Crippen LogP contribution in [0, 0.1) is 12.3 Å². The number of nitrogens with zero attached hydrogens (tertiary/aromatic N) is 2. The van der Waals surface area contributed by atoms with Gasteiger partial charge in [-0.05, 0) is 0 Å². The molecule has 0 aliphatic heterocycles. The maximum absolute atomic E-state index is 12.1. The molecular weight excluding hydrogens is 195 g/mol. The van der Waals surface area contributed by atoms with Crippen molar-refractivity contribution >= 4 is 5.82 Å². The van der Waals surface area contributed by atoms with Crippen molar-refractivity contribution < 1.29 is 13.2 Å². The highest BCUT2D eigenvalue weighted by molar-refractivity contribution is 5.36. The van der Waals surface area contributed by atoms with E-state index < -0.39 is 11.9 Å². The number of rotatable bonds is 2. The molecular formula is C8H6F3N3. The predicted octanol–water partition coefficient (Wildman–Crippen LogP) is 1.54. The van der Waals surface area contributed by atoms with Crippen LogP contribution in [-0.2, 0) is 6.18 Å². The second-order valence-corrected chi connectivity index (χ2v) is 2.34. The predicted molar refractivity (Wildman–Crippen MR) is 44.4 cm³/mol. The van der Waals surface area contributed by atoms with Crippen molar-refractivity contribution in [1.29, 1.82) is 0 Å². The highest BCUT2D eigenvalue weighted by Gasteiger charge is 2.32. The Balaban J connectivity index is 2.86. The molecule has 0 saturated heterocycles. The molecule has 1 N–H and O–H groups in total. The molecule has 0 amide bonds. The van der Waals surface area contributed by atoms with E-state index >= 15 is 0 Å². The number of alkyl halides is 3. The number of aromatic nitrogens is 2. The minimum atomic E-state index is -4.46. The molecule has 0 unspecified atom stereocenters. The molecule has 3 nitrogen and oxygen atoms in total. The third kappa shape index (κ3) is 2.62. The van der Waals surface area contributed by atoms with Crippen LogP contribution in [0.4, 0.5) is 19.0 Å². The van der Waals surface area contributed by atoms with E-state index in [0.717, 1.165) is 12.4 Å². The minimum absolute atomic E-state index is 0.0604. The fraction of sp³-hybridized carbons (Fsp3) is 0.250. The largest absolute Gasteiger partial charge is 0.433 e. The van der Waals surface area contributed by atoms with Crippen molar-refractivity contribution in [3.8, 4) is 12.3 Å². The van der Waals surface area contributed by atoms with Gasteiger partial charge in [0, 0.05) is 6.07 Å². The molecule has 0 bridgehead atoms. The maximum atomic E-state index is 12.1. The Bertz CT molecular complexity index is 354. The first kappa shape index (κ1) is 10.3. The van der Waals surface area contributed by atoms with Gasteiger partial charge in [0.15, 0.2) is 0 Å². The van der Waals surface area contributed by atoms with Gasteiger partial charge >= 0.3 is 6.18 Å². The smallest absolute Gasteiger partial charge is 0.359 e. The zero-order valence-corrected chi connectivity index (χ0v) is 6.97. The molecule has 0 fully saturated rings. The van der Waals surface area contributed by atoms with Gasteiger partial charge in [0.05, 0.1) is 6.54 Å². The second kappa shape index (κ2) is 3.96. The van der Waals surface area contributed by atoms with Crippen LogP contribution >= 0.6 is 0 Å². The van der Waals surface area contributed by atoms with E-state index in [2.05, 4.69) is 21.2 Å². The molecule has 0 radical (unpaired) electrons. The third-order valence-corrected chi connectivity index (χ3v) is 1.33. The number of halogens is 3. The number of hydrogen-bond acceptors (Lipinski definition) is 3. The van der Waals surface area contributed by atoms with Gasteiger partial charge in [-0.2, -0.15) is 13.2 Å². The van der Waals surface area contributed by atoms with E-state index in [9.17, 15) is 13.2 Å². The van der Waals surface area contributed by atoms with Crippen LogP contribution < -0.4 is 5.32 Å². The molecule has 0 aromatic carbocycles. The average Bonchev–Trinajstić information content (AvgIpc) is 2.14. The number of nitrogens with one attached hydrogen (secondary N) is 1. The topological polar surface area (TPSA) is 37.8 Å². The lowest BCUT2D eigenvalue weighted by molar-refractivity contribution is -0.141. The van der Waals surface area contributed by atoms with Crippen molar-refractivity contribution in [3.63, 3.8) is 0 Å². The molecule has 0 saturated carbocycles. The van der Waals surface area contributed by atoms with Gasteiger partial charge in [-0.1, -0.05) is 5.92 Å². The molecule has 0 aliphatic rings. The second-order valence-electron chi connectivity index (χ2n) is 2.34. The molecule has 0 spiro atoms. The van der Waals surface area contributed by atoms with Gasteiger partial charge in [-0.25, -0.2) is 9.97 Å². The SMILES string of the molecule is C#CCNc1cc(C(F)(F)F)ncn1. The third-order valence-electron chi connectivity index (χ3n) is 1.33. The van der Waals surface area contributed by atoms with Gasteiger partial charge in [0.1, 0.15) is 17.8 Å². The standard InChI is InChI=1S/C8H6F3N3/c1-2-3-12-7-4-6(8(9,10)11)13-5-14-7/h1,4-5H,3H2,(H,12,13,14). The lowest BCUT2D eigenvalue weighted by Gasteiger charge is -2.06. The molecule has 74 valence electrons. The van der Waals surface area contributed by atoms with Gasteiger partial charge in [0.2, 0.25) is 0 Å². The van der Waals surface area contributed by atoms with Crippen LogP contribution in [0.15, 0.2) is 12.4 Å². The van der Waals surface area contributed by atoms with Crippen molar-refractivity contribution in [2.45, 2.75) is 6.18 Å².